The number of nitrogens with zero attached hydrogens (tertiary/aromatic N) is 3. The molecule has 0 aliphatic rings. The van der Waals surface area contributed by atoms with Crippen LogP contribution in [0, 0.1) is 34.1 Å². The van der Waals surface area contributed by atoms with E-state index in [1.165, 1.54) is 23.5 Å². The molecular weight excluding hydrogens is 296 g/mol. The van der Waals surface area contributed by atoms with E-state index in [-0.39, 0.29) is 17.1 Å². The molecule has 0 amide bonds. The molecule has 0 unspecified atom stereocenters. The zero-order valence-corrected chi connectivity index (χ0v) is 12.1. The van der Waals surface area contributed by atoms with Gasteiger partial charge in [0.25, 0.3) is 11.4 Å². The maximum absolute atomic E-state index is 11.0. The second-order valence-corrected chi connectivity index (χ2v) is 5.61. The van der Waals surface area contributed by atoms with Gasteiger partial charge in [-0.2, -0.15) is 0 Å². The Morgan fingerprint density at radius 3 is 2.48 bits per heavy atom. The fraction of sp³-hybridized carbons (Fsp3) is 0.250. The van der Waals surface area contributed by atoms with Gasteiger partial charge in [0.1, 0.15) is 10.7 Å². The van der Waals surface area contributed by atoms with Crippen LogP contribution in [0.25, 0.3) is 0 Å². The smallest absolute Gasteiger partial charge is 0.299 e. The predicted molar refractivity (Wildman–Crippen MR) is 78.7 cm³/mol. The van der Waals surface area contributed by atoms with Gasteiger partial charge in [-0.25, -0.2) is 4.98 Å². The average Bonchev–Trinajstić information content (AvgIpc) is 2.75. The zero-order valence-electron chi connectivity index (χ0n) is 11.3. The van der Waals surface area contributed by atoms with Gasteiger partial charge in [-0.3, -0.25) is 20.2 Å². The summed E-state index contributed by atoms with van der Waals surface area (Å²) < 4.78 is 0. The normalized spacial score (nSPS) is 10.4. The molecule has 0 saturated carbocycles. The number of thiazole rings is 1. The number of benzene rings is 1. The van der Waals surface area contributed by atoms with E-state index in [0.717, 1.165) is 21.6 Å². The summed E-state index contributed by atoms with van der Waals surface area (Å²) in [4.78, 5) is 25.8. The third-order valence-corrected chi connectivity index (χ3v) is 3.96. The van der Waals surface area contributed by atoms with Crippen LogP contribution in [0.5, 0.6) is 0 Å². The van der Waals surface area contributed by atoms with Gasteiger partial charge < -0.3 is 5.32 Å². The van der Waals surface area contributed by atoms with Crippen LogP contribution in [0.15, 0.2) is 18.2 Å². The quantitative estimate of drug-likeness (QED) is 0.670. The molecule has 1 aromatic carbocycles. The molecule has 0 atom stereocenters. The first kappa shape index (κ1) is 14.9. The van der Waals surface area contributed by atoms with E-state index in [1.807, 2.05) is 13.8 Å². The summed E-state index contributed by atoms with van der Waals surface area (Å²) in [5, 5.41) is 25.4. The van der Waals surface area contributed by atoms with Crippen molar-refractivity contribution in [2.24, 2.45) is 0 Å². The lowest BCUT2D eigenvalue weighted by atomic mass is 10.2. The molecule has 1 aromatic heterocycles. The van der Waals surface area contributed by atoms with E-state index in [9.17, 15) is 20.2 Å². The first-order valence-electron chi connectivity index (χ1n) is 5.98. The molecule has 8 nitrogen and oxygen atoms in total. The topological polar surface area (TPSA) is 111 Å². The molecule has 1 heterocycles. The monoisotopic (exact) mass is 308 g/mol. The van der Waals surface area contributed by atoms with E-state index in [2.05, 4.69) is 10.3 Å². The van der Waals surface area contributed by atoms with Gasteiger partial charge in [-0.1, -0.05) is 0 Å². The van der Waals surface area contributed by atoms with Crippen LogP contribution < -0.4 is 5.32 Å². The van der Waals surface area contributed by atoms with Crippen molar-refractivity contribution in [3.63, 3.8) is 0 Å². The van der Waals surface area contributed by atoms with Gasteiger partial charge in [0.2, 0.25) is 0 Å². The Balaban J connectivity index is 2.23. The highest BCUT2D eigenvalue weighted by Gasteiger charge is 2.19. The predicted octanol–water partition coefficient (Wildman–Crippen LogP) is 3.19. The number of nitrogens with one attached hydrogen (secondary N) is 1. The van der Waals surface area contributed by atoms with Crippen molar-refractivity contribution in [1.29, 1.82) is 0 Å². The molecule has 0 spiro atoms. The van der Waals surface area contributed by atoms with Crippen LogP contribution in [-0.4, -0.2) is 14.8 Å². The van der Waals surface area contributed by atoms with Crippen molar-refractivity contribution in [2.75, 3.05) is 5.32 Å². The van der Waals surface area contributed by atoms with Gasteiger partial charge in [-0.05, 0) is 19.9 Å². The largest absolute Gasteiger partial charge is 0.373 e. The number of non-ortho nitro benzene ring substituents is 1. The number of hydrogen-bond donors (Lipinski definition) is 1. The van der Waals surface area contributed by atoms with Crippen molar-refractivity contribution < 1.29 is 9.85 Å². The minimum absolute atomic E-state index is 0.233. The molecule has 0 bridgehead atoms. The van der Waals surface area contributed by atoms with E-state index in [4.69, 9.17) is 0 Å². The van der Waals surface area contributed by atoms with E-state index in [1.54, 1.807) is 0 Å². The maximum atomic E-state index is 11.0. The molecule has 0 aliphatic carbocycles. The van der Waals surface area contributed by atoms with Crippen LogP contribution >= 0.6 is 11.3 Å². The second-order valence-electron chi connectivity index (χ2n) is 4.32. The molecular formula is C12H12N4O4S. The third kappa shape index (κ3) is 3.31. The molecule has 0 saturated heterocycles. The SMILES string of the molecule is Cc1nc(CNc2ccc([N+](=O)[O-])cc2[N+](=O)[O-])sc1C. The number of hydrogen-bond acceptors (Lipinski definition) is 7. The molecule has 21 heavy (non-hydrogen) atoms. The lowest BCUT2D eigenvalue weighted by Gasteiger charge is -2.05. The first-order valence-corrected chi connectivity index (χ1v) is 6.79. The number of aryl methyl sites for hydroxylation is 2. The minimum Gasteiger partial charge on any atom is -0.373 e. The average molecular weight is 308 g/mol. The van der Waals surface area contributed by atoms with Crippen LogP contribution in [0.1, 0.15) is 15.6 Å². The Morgan fingerprint density at radius 2 is 1.95 bits per heavy atom. The van der Waals surface area contributed by atoms with Crippen molar-refractivity contribution >= 4 is 28.4 Å². The molecule has 2 rings (SSSR count). The molecule has 2 aromatic rings. The molecule has 1 N–H and O–H groups in total. The molecule has 0 fully saturated rings. The summed E-state index contributed by atoms with van der Waals surface area (Å²) in [6, 6.07) is 3.51. The van der Waals surface area contributed by atoms with Gasteiger partial charge >= 0.3 is 0 Å². The third-order valence-electron chi connectivity index (χ3n) is 2.89. The fourth-order valence-corrected chi connectivity index (χ4v) is 2.59. The number of aromatic nitrogens is 1. The standard InChI is InChI=1S/C12H12N4O4S/c1-7-8(2)21-12(14-7)6-13-10-4-3-9(15(17)18)5-11(10)16(19)20/h3-5,13H,6H2,1-2H3. The summed E-state index contributed by atoms with van der Waals surface area (Å²) in [6.45, 7) is 4.17. The van der Waals surface area contributed by atoms with E-state index < -0.39 is 9.85 Å². The Labute approximate surface area is 123 Å². The molecule has 9 heteroatoms. The molecule has 0 radical (unpaired) electrons. The highest BCUT2D eigenvalue weighted by Crippen LogP contribution is 2.29. The van der Waals surface area contributed by atoms with Crippen molar-refractivity contribution in [2.45, 2.75) is 20.4 Å². The highest BCUT2D eigenvalue weighted by molar-refractivity contribution is 7.11. The summed E-state index contributed by atoms with van der Waals surface area (Å²) >= 11 is 1.50. The Morgan fingerprint density at radius 1 is 1.24 bits per heavy atom. The summed E-state index contributed by atoms with van der Waals surface area (Å²) in [5.41, 5.74) is 0.522. The highest BCUT2D eigenvalue weighted by atomic mass is 32.1. The van der Waals surface area contributed by atoms with Crippen LogP contribution in [0.2, 0.25) is 0 Å². The maximum Gasteiger partial charge on any atom is 0.299 e. The zero-order chi connectivity index (χ0) is 15.6. The number of nitro groups is 2. The van der Waals surface area contributed by atoms with Crippen molar-refractivity contribution in [3.05, 3.63) is 54.0 Å². The van der Waals surface area contributed by atoms with Gasteiger partial charge in [-0.15, -0.1) is 11.3 Å². The molecule has 0 aliphatic heterocycles. The molecule has 110 valence electrons. The number of anilines is 1. The van der Waals surface area contributed by atoms with Gasteiger partial charge in [0.15, 0.2) is 0 Å². The van der Waals surface area contributed by atoms with Gasteiger partial charge in [0.05, 0.1) is 28.2 Å². The Hall–Kier alpha value is -2.55. The van der Waals surface area contributed by atoms with Crippen LogP contribution in [0.3, 0.4) is 0 Å². The second kappa shape index (κ2) is 5.83. The minimum atomic E-state index is -0.662. The summed E-state index contributed by atoms with van der Waals surface area (Å²) in [5.74, 6) is 0. The fourth-order valence-electron chi connectivity index (χ4n) is 1.72. The van der Waals surface area contributed by atoms with Gasteiger partial charge in [0, 0.05) is 10.9 Å². The Bertz CT molecular complexity index is 694. The lowest BCUT2D eigenvalue weighted by molar-refractivity contribution is -0.393. The van der Waals surface area contributed by atoms with Crippen molar-refractivity contribution in [1.82, 2.24) is 4.98 Å². The van der Waals surface area contributed by atoms with E-state index in [0.29, 0.717) is 6.54 Å². The van der Waals surface area contributed by atoms with Crippen LogP contribution in [0.4, 0.5) is 17.1 Å². The van der Waals surface area contributed by atoms with Crippen LogP contribution in [-0.2, 0) is 6.54 Å². The number of rotatable bonds is 5. The Kier molecular flexibility index (Phi) is 4.13. The van der Waals surface area contributed by atoms with E-state index >= 15 is 0 Å². The number of nitro benzene ring substituents is 2. The van der Waals surface area contributed by atoms with Crippen molar-refractivity contribution in [3.8, 4) is 0 Å². The lowest BCUT2D eigenvalue weighted by Crippen LogP contribution is -2.03. The first-order chi connectivity index (χ1) is 9.88. The summed E-state index contributed by atoms with van der Waals surface area (Å²) in [7, 11) is 0. The summed E-state index contributed by atoms with van der Waals surface area (Å²) in [6.07, 6.45) is 0.